The highest BCUT2D eigenvalue weighted by atomic mass is 32.2. The lowest BCUT2D eigenvalue weighted by atomic mass is 9.83. The molecule has 0 spiro atoms. The lowest BCUT2D eigenvalue weighted by Crippen LogP contribution is -2.39. The molecule has 2 aromatic rings. The van der Waals surface area contributed by atoms with Gasteiger partial charge < -0.3 is 13.7 Å². The number of rotatable bonds is 5. The van der Waals surface area contributed by atoms with Crippen molar-refractivity contribution in [2.75, 3.05) is 20.8 Å². The molecule has 6 heteroatoms. The van der Waals surface area contributed by atoms with E-state index in [1.807, 2.05) is 24.3 Å². The summed E-state index contributed by atoms with van der Waals surface area (Å²) in [5.74, 6) is 2.55. The molecule has 0 saturated carbocycles. The lowest BCUT2D eigenvalue weighted by molar-refractivity contribution is 0.157. The summed E-state index contributed by atoms with van der Waals surface area (Å²) in [7, 11) is 3.43. The fourth-order valence-electron chi connectivity index (χ4n) is 4.80. The van der Waals surface area contributed by atoms with Gasteiger partial charge in [0.05, 0.1) is 26.3 Å². The quantitative estimate of drug-likeness (QED) is 0.540. The van der Waals surface area contributed by atoms with Gasteiger partial charge in [0.25, 0.3) is 0 Å². The van der Waals surface area contributed by atoms with Crippen LogP contribution in [0.3, 0.4) is 0 Å². The van der Waals surface area contributed by atoms with Gasteiger partial charge in [-0.15, -0.1) is 0 Å². The number of hydrogen-bond acceptors (Lipinski definition) is 5. The van der Waals surface area contributed by atoms with Crippen molar-refractivity contribution in [2.24, 2.45) is 0 Å². The molecule has 2 aliphatic heterocycles. The molecule has 3 aliphatic rings. The van der Waals surface area contributed by atoms with Crippen molar-refractivity contribution < 1.29 is 18.0 Å². The zero-order chi connectivity index (χ0) is 21.4. The van der Waals surface area contributed by atoms with Crippen LogP contribution < -0.4 is 13.7 Å². The number of ether oxygens (including phenoxy) is 2. The van der Waals surface area contributed by atoms with E-state index >= 15 is 0 Å². The third-order valence-corrected chi connectivity index (χ3v) is 7.14. The van der Waals surface area contributed by atoms with Crippen LogP contribution in [0.2, 0.25) is 0 Å². The largest absolute Gasteiger partial charge is 0.497 e. The second-order valence-electron chi connectivity index (χ2n) is 8.13. The zero-order valence-electron chi connectivity index (χ0n) is 17.8. The van der Waals surface area contributed by atoms with Crippen LogP contribution in [0.1, 0.15) is 41.1 Å². The molecule has 1 unspecified atom stereocenters. The van der Waals surface area contributed by atoms with Crippen molar-refractivity contribution in [1.82, 2.24) is 4.90 Å². The molecule has 0 aromatic heterocycles. The molecule has 0 saturated heterocycles. The van der Waals surface area contributed by atoms with Gasteiger partial charge in [0.15, 0.2) is 0 Å². The molecule has 0 bridgehead atoms. The molecule has 0 radical (unpaired) electrons. The number of benzene rings is 2. The summed E-state index contributed by atoms with van der Waals surface area (Å²) in [6.07, 6.45) is 6.65. The first-order valence-corrected chi connectivity index (χ1v) is 11.4. The third-order valence-electron chi connectivity index (χ3n) is 6.40. The van der Waals surface area contributed by atoms with Gasteiger partial charge in [-0.1, -0.05) is 12.1 Å². The van der Waals surface area contributed by atoms with E-state index in [4.69, 9.17) is 13.7 Å². The first kappa shape index (κ1) is 20.5. The standard InChI is InChI=1S/C25H26FNO3S/c1-28-18-6-7-20-16(12-18)10-11-27-15-22-21(14-23(20)27)25(9-8-24(22)29-2)30-31-19-5-3-4-17(26)13-19/h5-9,12-13,23H,3-4,10-11,14-15H2,1-2H3. The summed E-state index contributed by atoms with van der Waals surface area (Å²) in [5, 5.41) is 0. The Morgan fingerprint density at radius 1 is 1.03 bits per heavy atom. The van der Waals surface area contributed by atoms with E-state index in [0.29, 0.717) is 18.9 Å². The van der Waals surface area contributed by atoms with Gasteiger partial charge in [-0.25, -0.2) is 4.39 Å². The van der Waals surface area contributed by atoms with E-state index < -0.39 is 0 Å². The smallest absolute Gasteiger partial charge is 0.141 e. The SMILES string of the molecule is COc1ccc2c(c1)CCN1Cc3c(OC)ccc(OSC4=CCCC(F)=C4)c3CC21. The molecule has 2 aromatic carbocycles. The summed E-state index contributed by atoms with van der Waals surface area (Å²) in [4.78, 5) is 3.35. The molecule has 5 rings (SSSR count). The molecule has 162 valence electrons. The van der Waals surface area contributed by atoms with Crippen LogP contribution >= 0.6 is 12.0 Å². The molecular formula is C25H26FNO3S. The minimum absolute atomic E-state index is 0.0877. The summed E-state index contributed by atoms with van der Waals surface area (Å²) in [6, 6.07) is 10.7. The monoisotopic (exact) mass is 439 g/mol. The normalized spacial score (nSPS) is 20.0. The van der Waals surface area contributed by atoms with Crippen molar-refractivity contribution in [1.29, 1.82) is 0 Å². The van der Waals surface area contributed by atoms with Crippen molar-refractivity contribution in [3.63, 3.8) is 0 Å². The van der Waals surface area contributed by atoms with Crippen molar-refractivity contribution in [3.8, 4) is 17.2 Å². The van der Waals surface area contributed by atoms with Gasteiger partial charge in [0.2, 0.25) is 0 Å². The van der Waals surface area contributed by atoms with Crippen molar-refractivity contribution in [3.05, 3.63) is 75.5 Å². The predicted octanol–water partition coefficient (Wildman–Crippen LogP) is 5.92. The van der Waals surface area contributed by atoms with Gasteiger partial charge in [-0.3, -0.25) is 4.90 Å². The van der Waals surface area contributed by atoms with Gasteiger partial charge in [-0.2, -0.15) is 0 Å². The number of fused-ring (bicyclic) bond motifs is 4. The van der Waals surface area contributed by atoms with E-state index in [1.54, 1.807) is 20.3 Å². The summed E-state index contributed by atoms with van der Waals surface area (Å²) < 4.78 is 30.9. The summed E-state index contributed by atoms with van der Waals surface area (Å²) in [5.41, 5.74) is 5.08. The second kappa shape index (κ2) is 8.60. The maximum Gasteiger partial charge on any atom is 0.141 e. The van der Waals surface area contributed by atoms with Crippen LogP contribution in [0, 0.1) is 0 Å². The Balaban J connectivity index is 1.46. The average Bonchev–Trinajstić information content (AvgIpc) is 2.80. The Hall–Kier alpha value is -2.44. The van der Waals surface area contributed by atoms with E-state index in [0.717, 1.165) is 48.1 Å². The number of nitrogens with zero attached hydrogens (tertiary/aromatic N) is 1. The molecule has 4 nitrogen and oxygen atoms in total. The van der Waals surface area contributed by atoms with E-state index in [-0.39, 0.29) is 5.83 Å². The van der Waals surface area contributed by atoms with Gasteiger partial charge in [-0.05, 0) is 60.7 Å². The highest BCUT2D eigenvalue weighted by Crippen LogP contribution is 2.45. The Morgan fingerprint density at radius 2 is 1.90 bits per heavy atom. The molecule has 1 aliphatic carbocycles. The van der Waals surface area contributed by atoms with Gasteiger partial charge in [0, 0.05) is 41.6 Å². The van der Waals surface area contributed by atoms with Crippen molar-refractivity contribution in [2.45, 2.75) is 38.3 Å². The Morgan fingerprint density at radius 3 is 2.71 bits per heavy atom. The van der Waals surface area contributed by atoms with Gasteiger partial charge in [0.1, 0.15) is 23.1 Å². The number of hydrogen-bond donors (Lipinski definition) is 0. The maximum absolute atomic E-state index is 13.6. The Labute approximate surface area is 186 Å². The topological polar surface area (TPSA) is 30.9 Å². The highest BCUT2D eigenvalue weighted by molar-refractivity contribution is 7.99. The molecule has 0 amide bonds. The minimum Gasteiger partial charge on any atom is -0.497 e. The maximum atomic E-state index is 13.6. The van der Waals surface area contributed by atoms with Crippen LogP contribution in [-0.4, -0.2) is 25.7 Å². The molecular weight excluding hydrogens is 413 g/mol. The van der Waals surface area contributed by atoms with Crippen LogP contribution in [0.15, 0.2) is 53.2 Å². The second-order valence-corrected chi connectivity index (χ2v) is 8.94. The lowest BCUT2D eigenvalue weighted by Gasteiger charge is -2.42. The minimum atomic E-state index is -0.0877. The van der Waals surface area contributed by atoms with E-state index in [9.17, 15) is 4.39 Å². The highest BCUT2D eigenvalue weighted by Gasteiger charge is 2.35. The zero-order valence-corrected chi connectivity index (χ0v) is 18.6. The number of allylic oxidation sites excluding steroid dienone is 3. The molecule has 1 atom stereocenters. The molecule has 31 heavy (non-hydrogen) atoms. The van der Waals surface area contributed by atoms with E-state index in [1.165, 1.54) is 34.3 Å². The van der Waals surface area contributed by atoms with Crippen LogP contribution in [-0.2, 0) is 19.4 Å². The fraction of sp³-hybridized carbons (Fsp3) is 0.360. The molecule has 0 N–H and O–H groups in total. The van der Waals surface area contributed by atoms with Crippen LogP contribution in [0.5, 0.6) is 17.2 Å². The Kier molecular flexibility index (Phi) is 5.67. The van der Waals surface area contributed by atoms with E-state index in [2.05, 4.69) is 17.0 Å². The molecule has 0 fully saturated rings. The first-order chi connectivity index (χ1) is 15.2. The summed E-state index contributed by atoms with van der Waals surface area (Å²) in [6.45, 7) is 1.83. The number of halogens is 1. The van der Waals surface area contributed by atoms with Crippen LogP contribution in [0.4, 0.5) is 4.39 Å². The average molecular weight is 440 g/mol. The van der Waals surface area contributed by atoms with Gasteiger partial charge >= 0.3 is 0 Å². The third kappa shape index (κ3) is 3.94. The summed E-state index contributed by atoms with van der Waals surface area (Å²) >= 11 is 1.23. The first-order valence-electron chi connectivity index (χ1n) is 10.7. The van der Waals surface area contributed by atoms with Crippen LogP contribution in [0.25, 0.3) is 0 Å². The number of methoxy groups -OCH3 is 2. The molecule has 2 heterocycles. The predicted molar refractivity (Wildman–Crippen MR) is 121 cm³/mol. The Bertz CT molecular complexity index is 1060. The fourth-order valence-corrected chi connectivity index (χ4v) is 5.50. The van der Waals surface area contributed by atoms with Crippen molar-refractivity contribution >= 4 is 12.0 Å².